The Balaban J connectivity index is 2.08. The van der Waals surface area contributed by atoms with Crippen LogP contribution in [0.3, 0.4) is 0 Å². The summed E-state index contributed by atoms with van der Waals surface area (Å²) in [4.78, 5) is 0. The van der Waals surface area contributed by atoms with Crippen LogP contribution in [0.5, 0.6) is 0 Å². The van der Waals surface area contributed by atoms with Gasteiger partial charge < -0.3 is 5.11 Å². The molecule has 0 saturated heterocycles. The highest BCUT2D eigenvalue weighted by atomic mass is 16.3. The van der Waals surface area contributed by atoms with Crippen LogP contribution < -0.4 is 0 Å². The molecule has 0 radical (unpaired) electrons. The minimum Gasteiger partial charge on any atom is -0.380 e. The van der Waals surface area contributed by atoms with E-state index in [-0.39, 0.29) is 5.92 Å². The maximum absolute atomic E-state index is 11.1. The fraction of sp³-hybridized carbons (Fsp3) is 0.111. The van der Waals surface area contributed by atoms with Crippen LogP contribution in [-0.2, 0) is 5.60 Å². The molecular weight excluding hydrogens is 232 g/mol. The van der Waals surface area contributed by atoms with Crippen molar-refractivity contribution in [1.29, 1.82) is 0 Å². The topological polar surface area (TPSA) is 20.2 Å². The van der Waals surface area contributed by atoms with Crippen molar-refractivity contribution in [2.24, 2.45) is 0 Å². The van der Waals surface area contributed by atoms with Crippen molar-refractivity contribution in [3.63, 3.8) is 0 Å². The van der Waals surface area contributed by atoms with Gasteiger partial charge in [-0.1, -0.05) is 78.9 Å². The van der Waals surface area contributed by atoms with Crippen LogP contribution in [0.25, 0.3) is 0 Å². The first kappa shape index (κ1) is 11.9. The third-order valence-corrected chi connectivity index (χ3v) is 3.63. The van der Waals surface area contributed by atoms with Crippen LogP contribution in [0.2, 0.25) is 0 Å². The van der Waals surface area contributed by atoms with Crippen molar-refractivity contribution < 1.29 is 5.11 Å². The fourth-order valence-corrected chi connectivity index (χ4v) is 2.63. The Hall–Kier alpha value is -2.12. The second-order valence-electron chi connectivity index (χ2n) is 4.82. The third-order valence-electron chi connectivity index (χ3n) is 3.63. The van der Waals surface area contributed by atoms with Gasteiger partial charge in [0.15, 0.2) is 0 Å². The Kier molecular flexibility index (Phi) is 3.06. The largest absolute Gasteiger partial charge is 0.380 e. The Bertz CT molecular complexity index is 598. The average molecular weight is 248 g/mol. The second kappa shape index (κ2) is 4.87. The molecule has 1 aliphatic rings. The van der Waals surface area contributed by atoms with E-state index in [1.54, 1.807) is 0 Å². The number of allylic oxidation sites excluding steroid dienone is 2. The van der Waals surface area contributed by atoms with Gasteiger partial charge in [-0.2, -0.15) is 0 Å². The SMILES string of the molecule is OC1(c2ccccc2)C=CC=CC1c1ccccc1. The van der Waals surface area contributed by atoms with E-state index in [2.05, 4.69) is 18.2 Å². The summed E-state index contributed by atoms with van der Waals surface area (Å²) in [6.07, 6.45) is 7.84. The maximum atomic E-state index is 11.1. The van der Waals surface area contributed by atoms with Crippen LogP contribution in [0.4, 0.5) is 0 Å². The van der Waals surface area contributed by atoms with Crippen LogP contribution >= 0.6 is 0 Å². The van der Waals surface area contributed by atoms with Crippen molar-refractivity contribution in [3.8, 4) is 0 Å². The zero-order valence-corrected chi connectivity index (χ0v) is 10.6. The zero-order valence-electron chi connectivity index (χ0n) is 10.6. The Morgan fingerprint density at radius 1 is 0.789 bits per heavy atom. The van der Waals surface area contributed by atoms with Crippen LogP contribution in [0.1, 0.15) is 17.0 Å². The van der Waals surface area contributed by atoms with E-state index in [1.807, 2.05) is 66.8 Å². The second-order valence-corrected chi connectivity index (χ2v) is 4.82. The summed E-state index contributed by atoms with van der Waals surface area (Å²) in [5.74, 6) is -0.0545. The number of benzene rings is 2. The lowest BCUT2D eigenvalue weighted by Crippen LogP contribution is -2.31. The number of aliphatic hydroxyl groups is 1. The molecule has 0 spiro atoms. The van der Waals surface area contributed by atoms with E-state index in [0.717, 1.165) is 11.1 Å². The quantitative estimate of drug-likeness (QED) is 0.857. The molecule has 0 saturated carbocycles. The van der Waals surface area contributed by atoms with Crippen molar-refractivity contribution in [2.45, 2.75) is 11.5 Å². The first-order chi connectivity index (χ1) is 9.31. The summed E-state index contributed by atoms with van der Waals surface area (Å²) in [6, 6.07) is 20.0. The summed E-state index contributed by atoms with van der Waals surface area (Å²) >= 11 is 0. The normalized spacial score (nSPS) is 25.4. The van der Waals surface area contributed by atoms with Gasteiger partial charge in [-0.25, -0.2) is 0 Å². The molecular formula is C18H16O. The molecule has 0 bridgehead atoms. The summed E-state index contributed by atoms with van der Waals surface area (Å²) in [7, 11) is 0. The molecule has 0 amide bonds. The summed E-state index contributed by atoms with van der Waals surface area (Å²) < 4.78 is 0. The predicted octanol–water partition coefficient (Wildman–Crippen LogP) is 3.78. The van der Waals surface area contributed by atoms with Gasteiger partial charge in [-0.05, 0) is 17.2 Å². The molecule has 0 aromatic heterocycles. The highest BCUT2D eigenvalue weighted by Crippen LogP contribution is 2.41. The molecule has 3 rings (SSSR count). The molecule has 19 heavy (non-hydrogen) atoms. The summed E-state index contributed by atoms with van der Waals surface area (Å²) in [6.45, 7) is 0. The molecule has 0 fully saturated rings. The van der Waals surface area contributed by atoms with E-state index in [4.69, 9.17) is 0 Å². The predicted molar refractivity (Wildman–Crippen MR) is 77.8 cm³/mol. The average Bonchev–Trinajstić information content (AvgIpc) is 2.49. The molecule has 0 heterocycles. The van der Waals surface area contributed by atoms with Gasteiger partial charge in [-0.15, -0.1) is 0 Å². The molecule has 2 atom stereocenters. The maximum Gasteiger partial charge on any atom is 0.118 e. The third kappa shape index (κ3) is 2.13. The van der Waals surface area contributed by atoms with Gasteiger partial charge in [0, 0.05) is 5.92 Å². The molecule has 1 heteroatoms. The Labute approximate surface area is 113 Å². The molecule has 94 valence electrons. The first-order valence-electron chi connectivity index (χ1n) is 6.49. The Morgan fingerprint density at radius 3 is 2.11 bits per heavy atom. The van der Waals surface area contributed by atoms with Gasteiger partial charge in [0.1, 0.15) is 5.60 Å². The lowest BCUT2D eigenvalue weighted by molar-refractivity contribution is 0.0721. The van der Waals surface area contributed by atoms with Crippen LogP contribution in [0.15, 0.2) is 85.0 Å². The van der Waals surface area contributed by atoms with E-state index < -0.39 is 5.60 Å². The molecule has 2 aromatic rings. The van der Waals surface area contributed by atoms with Gasteiger partial charge in [0.05, 0.1) is 0 Å². The minimum atomic E-state index is -0.975. The number of rotatable bonds is 2. The fourth-order valence-electron chi connectivity index (χ4n) is 2.63. The van der Waals surface area contributed by atoms with E-state index >= 15 is 0 Å². The molecule has 2 aromatic carbocycles. The highest BCUT2D eigenvalue weighted by Gasteiger charge is 2.36. The first-order valence-corrected chi connectivity index (χ1v) is 6.49. The van der Waals surface area contributed by atoms with E-state index in [9.17, 15) is 5.11 Å². The van der Waals surface area contributed by atoms with Gasteiger partial charge in [0.25, 0.3) is 0 Å². The smallest absolute Gasteiger partial charge is 0.118 e. The summed E-state index contributed by atoms with van der Waals surface area (Å²) in [5, 5.41) is 11.1. The van der Waals surface area contributed by atoms with Gasteiger partial charge >= 0.3 is 0 Å². The zero-order chi connectivity index (χ0) is 13.1. The number of hydrogen-bond donors (Lipinski definition) is 1. The molecule has 1 aliphatic carbocycles. The molecule has 0 aliphatic heterocycles. The number of hydrogen-bond acceptors (Lipinski definition) is 1. The molecule has 2 unspecified atom stereocenters. The van der Waals surface area contributed by atoms with Crippen molar-refractivity contribution >= 4 is 0 Å². The van der Waals surface area contributed by atoms with E-state index in [0.29, 0.717) is 0 Å². The molecule has 1 N–H and O–H groups in total. The monoisotopic (exact) mass is 248 g/mol. The van der Waals surface area contributed by atoms with Crippen LogP contribution in [0, 0.1) is 0 Å². The van der Waals surface area contributed by atoms with Gasteiger partial charge in [0.2, 0.25) is 0 Å². The van der Waals surface area contributed by atoms with Crippen LogP contribution in [-0.4, -0.2) is 5.11 Å². The standard InChI is InChI=1S/C18H16O/c19-18(16-11-5-2-6-12-16)14-8-7-13-17(18)15-9-3-1-4-10-15/h1-14,17,19H. The van der Waals surface area contributed by atoms with Crippen molar-refractivity contribution in [2.75, 3.05) is 0 Å². The lowest BCUT2D eigenvalue weighted by Gasteiger charge is -2.34. The van der Waals surface area contributed by atoms with Crippen molar-refractivity contribution in [1.82, 2.24) is 0 Å². The Morgan fingerprint density at radius 2 is 1.42 bits per heavy atom. The minimum absolute atomic E-state index is 0.0545. The highest BCUT2D eigenvalue weighted by molar-refractivity contribution is 5.41. The van der Waals surface area contributed by atoms with E-state index in [1.165, 1.54) is 0 Å². The lowest BCUT2D eigenvalue weighted by atomic mass is 9.75. The molecule has 1 nitrogen and oxygen atoms in total. The van der Waals surface area contributed by atoms with Gasteiger partial charge in [-0.3, -0.25) is 0 Å². The summed E-state index contributed by atoms with van der Waals surface area (Å²) in [5.41, 5.74) is 1.07. The van der Waals surface area contributed by atoms with Crippen molar-refractivity contribution in [3.05, 3.63) is 96.1 Å².